The number of benzene rings is 1. The summed E-state index contributed by atoms with van der Waals surface area (Å²) in [4.78, 5) is 27.2. The Balaban J connectivity index is 1.41. The van der Waals surface area contributed by atoms with E-state index in [1.54, 1.807) is 18.6 Å². The molecule has 1 amide bonds. The summed E-state index contributed by atoms with van der Waals surface area (Å²) in [7, 11) is 0. The molecule has 1 saturated heterocycles. The standard InChI is InChI=1S/C19H19N5O2/c1-2-15(13-6-4-3-5-7-13)19(25)24-11-14(12-24)18-22-17(23-26-18)16-10-20-8-9-21-16/h3-10,14-15H,2,11-12H2,1H3/t15-/m1/s1. The lowest BCUT2D eigenvalue weighted by molar-refractivity contribution is -0.137. The molecule has 1 aliphatic heterocycles. The number of aromatic nitrogens is 4. The fraction of sp³-hybridized carbons (Fsp3) is 0.316. The molecule has 3 heterocycles. The number of rotatable bonds is 5. The number of likely N-dealkylation sites (tertiary alicyclic amines) is 1. The van der Waals surface area contributed by atoms with Crippen molar-refractivity contribution in [3.8, 4) is 11.5 Å². The van der Waals surface area contributed by atoms with Crippen molar-refractivity contribution in [2.24, 2.45) is 0 Å². The molecule has 0 spiro atoms. The van der Waals surface area contributed by atoms with Gasteiger partial charge in [0.2, 0.25) is 17.6 Å². The summed E-state index contributed by atoms with van der Waals surface area (Å²) in [5.41, 5.74) is 1.64. The molecule has 7 nitrogen and oxygen atoms in total. The molecule has 0 saturated carbocycles. The minimum absolute atomic E-state index is 0.0742. The lowest BCUT2D eigenvalue weighted by Gasteiger charge is -2.39. The van der Waals surface area contributed by atoms with Gasteiger partial charge in [0.05, 0.1) is 18.0 Å². The Morgan fingerprint density at radius 3 is 2.77 bits per heavy atom. The van der Waals surface area contributed by atoms with Crippen molar-refractivity contribution in [3.05, 3.63) is 60.4 Å². The highest BCUT2D eigenvalue weighted by Gasteiger charge is 2.38. The first kappa shape index (κ1) is 16.4. The van der Waals surface area contributed by atoms with Crippen LogP contribution in [-0.2, 0) is 4.79 Å². The quantitative estimate of drug-likeness (QED) is 0.704. The smallest absolute Gasteiger partial charge is 0.233 e. The Morgan fingerprint density at radius 2 is 2.08 bits per heavy atom. The first-order valence-electron chi connectivity index (χ1n) is 8.70. The molecule has 0 unspecified atom stereocenters. The number of hydrogen-bond acceptors (Lipinski definition) is 6. The maximum atomic E-state index is 12.8. The molecule has 1 aliphatic rings. The van der Waals surface area contributed by atoms with Gasteiger partial charge in [-0.3, -0.25) is 9.78 Å². The zero-order valence-corrected chi connectivity index (χ0v) is 14.4. The van der Waals surface area contributed by atoms with Crippen molar-refractivity contribution < 1.29 is 9.32 Å². The van der Waals surface area contributed by atoms with E-state index in [1.165, 1.54) is 0 Å². The fourth-order valence-corrected chi connectivity index (χ4v) is 3.19. The van der Waals surface area contributed by atoms with E-state index in [9.17, 15) is 4.79 Å². The number of carbonyl (C=O) groups excluding carboxylic acids is 1. The van der Waals surface area contributed by atoms with Crippen LogP contribution in [0, 0.1) is 0 Å². The van der Waals surface area contributed by atoms with Crippen LogP contribution >= 0.6 is 0 Å². The summed E-state index contributed by atoms with van der Waals surface area (Å²) in [6.45, 7) is 3.24. The molecular weight excluding hydrogens is 330 g/mol. The van der Waals surface area contributed by atoms with Crippen LogP contribution in [0.15, 0.2) is 53.4 Å². The van der Waals surface area contributed by atoms with Gasteiger partial charge in [-0.2, -0.15) is 4.98 Å². The second-order valence-corrected chi connectivity index (χ2v) is 6.36. The Bertz CT molecular complexity index is 875. The van der Waals surface area contributed by atoms with Crippen LogP contribution in [0.4, 0.5) is 0 Å². The second kappa shape index (κ2) is 7.03. The van der Waals surface area contributed by atoms with E-state index in [1.807, 2.05) is 42.2 Å². The average Bonchev–Trinajstić information content (AvgIpc) is 3.12. The number of nitrogens with zero attached hydrogens (tertiary/aromatic N) is 5. The lowest BCUT2D eigenvalue weighted by Crippen LogP contribution is -2.50. The summed E-state index contributed by atoms with van der Waals surface area (Å²) in [6.07, 6.45) is 5.55. The molecule has 4 rings (SSSR count). The molecule has 3 aromatic rings. The van der Waals surface area contributed by atoms with E-state index in [-0.39, 0.29) is 17.7 Å². The summed E-state index contributed by atoms with van der Waals surface area (Å²) in [5.74, 6) is 1.10. The molecule has 7 heteroatoms. The van der Waals surface area contributed by atoms with E-state index in [2.05, 4.69) is 20.1 Å². The molecule has 0 aliphatic carbocycles. The predicted octanol–water partition coefficient (Wildman–Crippen LogP) is 2.65. The van der Waals surface area contributed by atoms with Crippen LogP contribution in [0.1, 0.15) is 36.6 Å². The van der Waals surface area contributed by atoms with Gasteiger partial charge in [0.25, 0.3) is 0 Å². The SMILES string of the molecule is CC[C@@H](C(=O)N1CC(c2nc(-c3cnccn3)no2)C1)c1ccccc1. The van der Waals surface area contributed by atoms with Gasteiger partial charge < -0.3 is 9.42 Å². The van der Waals surface area contributed by atoms with Gasteiger partial charge in [-0.15, -0.1) is 0 Å². The van der Waals surface area contributed by atoms with E-state index >= 15 is 0 Å². The number of carbonyl (C=O) groups is 1. The highest BCUT2D eigenvalue weighted by molar-refractivity contribution is 5.84. The Labute approximate surface area is 151 Å². The molecule has 2 aromatic heterocycles. The van der Waals surface area contributed by atoms with Crippen molar-refractivity contribution in [3.63, 3.8) is 0 Å². The highest BCUT2D eigenvalue weighted by Crippen LogP contribution is 2.31. The largest absolute Gasteiger partial charge is 0.340 e. The normalized spacial score (nSPS) is 15.5. The van der Waals surface area contributed by atoms with Crippen LogP contribution in [0.25, 0.3) is 11.5 Å². The van der Waals surface area contributed by atoms with Crippen LogP contribution in [-0.4, -0.2) is 44.0 Å². The minimum Gasteiger partial charge on any atom is -0.340 e. The third-order valence-electron chi connectivity index (χ3n) is 4.68. The van der Waals surface area contributed by atoms with Gasteiger partial charge in [-0.1, -0.05) is 42.4 Å². The lowest BCUT2D eigenvalue weighted by atomic mass is 9.91. The molecular formula is C19H19N5O2. The van der Waals surface area contributed by atoms with Crippen molar-refractivity contribution in [1.82, 2.24) is 25.0 Å². The second-order valence-electron chi connectivity index (χ2n) is 6.36. The summed E-state index contributed by atoms with van der Waals surface area (Å²) >= 11 is 0. The molecule has 1 fully saturated rings. The summed E-state index contributed by atoms with van der Waals surface area (Å²) in [5, 5.41) is 3.97. The van der Waals surface area contributed by atoms with Gasteiger partial charge in [-0.05, 0) is 12.0 Å². The van der Waals surface area contributed by atoms with Crippen molar-refractivity contribution >= 4 is 5.91 Å². The molecule has 1 atom stereocenters. The van der Waals surface area contributed by atoms with E-state index < -0.39 is 0 Å². The van der Waals surface area contributed by atoms with Crippen molar-refractivity contribution in [1.29, 1.82) is 0 Å². The first-order chi connectivity index (χ1) is 12.8. The summed E-state index contributed by atoms with van der Waals surface area (Å²) < 4.78 is 5.36. The van der Waals surface area contributed by atoms with Gasteiger partial charge >= 0.3 is 0 Å². The zero-order chi connectivity index (χ0) is 17.9. The van der Waals surface area contributed by atoms with Gasteiger partial charge in [0, 0.05) is 25.5 Å². The minimum atomic E-state index is -0.102. The van der Waals surface area contributed by atoms with E-state index in [0.29, 0.717) is 30.5 Å². The van der Waals surface area contributed by atoms with Gasteiger partial charge in [0.1, 0.15) is 5.69 Å². The maximum absolute atomic E-state index is 12.8. The van der Waals surface area contributed by atoms with E-state index in [0.717, 1.165) is 12.0 Å². The fourth-order valence-electron chi connectivity index (χ4n) is 3.19. The first-order valence-corrected chi connectivity index (χ1v) is 8.70. The molecule has 132 valence electrons. The van der Waals surface area contributed by atoms with Crippen LogP contribution in [0.2, 0.25) is 0 Å². The molecule has 1 aromatic carbocycles. The topological polar surface area (TPSA) is 85.0 Å². The Kier molecular flexibility index (Phi) is 4.43. The molecule has 0 N–H and O–H groups in total. The van der Waals surface area contributed by atoms with Crippen LogP contribution < -0.4 is 0 Å². The Morgan fingerprint density at radius 1 is 1.27 bits per heavy atom. The average molecular weight is 349 g/mol. The van der Waals surface area contributed by atoms with Crippen molar-refractivity contribution in [2.75, 3.05) is 13.1 Å². The highest BCUT2D eigenvalue weighted by atomic mass is 16.5. The van der Waals surface area contributed by atoms with Gasteiger partial charge in [-0.25, -0.2) is 4.98 Å². The van der Waals surface area contributed by atoms with Gasteiger partial charge in [0.15, 0.2) is 0 Å². The monoisotopic (exact) mass is 349 g/mol. The van der Waals surface area contributed by atoms with Crippen LogP contribution in [0.3, 0.4) is 0 Å². The number of amides is 1. The third kappa shape index (κ3) is 3.08. The molecule has 0 bridgehead atoms. The molecule has 0 radical (unpaired) electrons. The number of hydrogen-bond donors (Lipinski definition) is 0. The Hall–Kier alpha value is -3.09. The zero-order valence-electron chi connectivity index (χ0n) is 14.4. The van der Waals surface area contributed by atoms with E-state index in [4.69, 9.17) is 4.52 Å². The molecule has 26 heavy (non-hydrogen) atoms. The van der Waals surface area contributed by atoms with Crippen LogP contribution in [0.5, 0.6) is 0 Å². The van der Waals surface area contributed by atoms with Crippen molar-refractivity contribution in [2.45, 2.75) is 25.2 Å². The summed E-state index contributed by atoms with van der Waals surface area (Å²) in [6, 6.07) is 9.92. The predicted molar refractivity (Wildman–Crippen MR) is 94.1 cm³/mol. The third-order valence-corrected chi connectivity index (χ3v) is 4.68. The maximum Gasteiger partial charge on any atom is 0.233 e.